The molecule has 4 aliphatic heterocycles. The Morgan fingerprint density at radius 3 is 1.27 bits per heavy atom. The van der Waals surface area contributed by atoms with Gasteiger partial charge in [0.05, 0.1) is 17.4 Å². The van der Waals surface area contributed by atoms with E-state index in [1.807, 2.05) is 37.5 Å². The van der Waals surface area contributed by atoms with Crippen molar-refractivity contribution in [3.05, 3.63) is 119 Å². The van der Waals surface area contributed by atoms with E-state index in [9.17, 15) is 46.3 Å². The van der Waals surface area contributed by atoms with Gasteiger partial charge in [0, 0.05) is 133 Å². The summed E-state index contributed by atoms with van der Waals surface area (Å²) in [6.07, 6.45) is 1.44. The molecule has 4 aromatic rings. The van der Waals surface area contributed by atoms with Crippen molar-refractivity contribution in [2.75, 3.05) is 125 Å². The molecule has 4 aromatic carbocycles. The van der Waals surface area contributed by atoms with Crippen LogP contribution in [0.2, 0.25) is 0 Å². The second-order valence-electron chi connectivity index (χ2n) is 18.4. The van der Waals surface area contributed by atoms with E-state index in [1.54, 1.807) is 60.9 Å². The van der Waals surface area contributed by atoms with Gasteiger partial charge >= 0.3 is 18.1 Å². The van der Waals surface area contributed by atoms with Gasteiger partial charge < -0.3 is 55.6 Å². The number of urea groups is 3. The predicted octanol–water partition coefficient (Wildman–Crippen LogP) is 6.29. The number of amides is 8. The Hall–Kier alpha value is -7.71. The number of carbonyl (C=O) groups is 5. The number of benzene rings is 4. The average Bonchev–Trinajstić information content (AvgIpc) is 3.39. The molecule has 8 rings (SSSR count). The standard InChI is InChI=1S/C26H32F2N6O3.C22H25F2N5O2.C4H7NO/c1-18(2)29-25(36)33-12-8-31(9-13-33)23-7-6-21(17-22(23)28)30-26(37)34-14-10-32(11-15-34)24(35)19-4-3-5-20(27)16-19;23-17-3-1-2-16(14-17)21(30)28-10-12-29(13-11-28)22(31)26-18-4-5-20(19(24)15-18)27-8-6-25-7-9-27;1-4(2)5-3-6/h3-7,16-18H,8-15H2,1-2H3,(H,29,36)(H,30,37);1-5,14-15,25H,6-13H2,(H,26,31);4H,1-2H3. The monoisotopic (exact) mass is 1030 g/mol. The molecule has 4 aliphatic rings. The molecule has 0 radical (unpaired) electrons. The molecule has 396 valence electrons. The Balaban J connectivity index is 0.000000220. The Bertz CT molecular complexity index is 2630. The van der Waals surface area contributed by atoms with Gasteiger partial charge in [-0.15, -0.1) is 0 Å². The highest BCUT2D eigenvalue weighted by molar-refractivity contribution is 5.96. The molecule has 0 spiro atoms. The van der Waals surface area contributed by atoms with Crippen LogP contribution < -0.4 is 31.1 Å². The third-order valence-corrected chi connectivity index (χ3v) is 12.3. The maximum Gasteiger partial charge on any atom is 0.321 e. The summed E-state index contributed by atoms with van der Waals surface area (Å²) in [6, 6.07) is 19.7. The van der Waals surface area contributed by atoms with Crippen molar-refractivity contribution in [1.29, 1.82) is 0 Å². The zero-order chi connectivity index (χ0) is 53.3. The van der Waals surface area contributed by atoms with Crippen LogP contribution in [0.15, 0.2) is 89.9 Å². The summed E-state index contributed by atoms with van der Waals surface area (Å²) in [5, 5.41) is 11.5. The highest BCUT2D eigenvalue weighted by Gasteiger charge is 2.28. The van der Waals surface area contributed by atoms with Crippen LogP contribution in [0.25, 0.3) is 0 Å². The highest BCUT2D eigenvalue weighted by Crippen LogP contribution is 2.26. The minimum Gasteiger partial charge on any atom is -0.367 e. The van der Waals surface area contributed by atoms with Crippen LogP contribution in [-0.2, 0) is 4.79 Å². The zero-order valence-electron chi connectivity index (χ0n) is 42.1. The first-order valence-electron chi connectivity index (χ1n) is 24.6. The normalized spacial score (nSPS) is 15.8. The van der Waals surface area contributed by atoms with Crippen molar-refractivity contribution in [3.63, 3.8) is 0 Å². The third-order valence-electron chi connectivity index (χ3n) is 12.3. The first-order valence-corrected chi connectivity index (χ1v) is 24.6. The molecule has 4 N–H and O–H groups in total. The SMILES string of the molecule is CC(C)N=C=O.CC(C)NC(=O)N1CCN(c2ccc(NC(=O)N3CCN(C(=O)c4cccc(F)c4)CC3)cc2F)CC1.O=C(Nc1ccc(N2CCNCC2)c(F)c1)N1CCN(C(=O)c2cccc(F)c2)CC1. The smallest absolute Gasteiger partial charge is 0.321 e. The first-order chi connectivity index (χ1) is 35.5. The van der Waals surface area contributed by atoms with Gasteiger partial charge in [-0.1, -0.05) is 12.1 Å². The van der Waals surface area contributed by atoms with Gasteiger partial charge in [-0.05, 0) is 100 Å². The highest BCUT2D eigenvalue weighted by atomic mass is 19.1. The van der Waals surface area contributed by atoms with Gasteiger partial charge in [0.25, 0.3) is 11.8 Å². The molecule has 4 saturated heterocycles. The number of isocyanates is 1. The molecule has 0 aliphatic carbocycles. The second kappa shape index (κ2) is 26.8. The van der Waals surface area contributed by atoms with E-state index >= 15 is 0 Å². The van der Waals surface area contributed by atoms with Crippen LogP contribution in [0.3, 0.4) is 0 Å². The van der Waals surface area contributed by atoms with Crippen LogP contribution in [0, 0.1) is 23.3 Å². The number of hydrogen-bond acceptors (Lipinski definition) is 10. The molecule has 4 fully saturated rings. The summed E-state index contributed by atoms with van der Waals surface area (Å²) in [4.78, 5) is 87.1. The number of aliphatic imine (C=N–C) groups is 1. The molecule has 74 heavy (non-hydrogen) atoms. The van der Waals surface area contributed by atoms with E-state index < -0.39 is 17.5 Å². The van der Waals surface area contributed by atoms with Crippen LogP contribution in [-0.4, -0.2) is 177 Å². The fraction of sp³-hybridized carbons (Fsp3) is 0.423. The number of nitrogens with one attached hydrogen (secondary N) is 4. The lowest BCUT2D eigenvalue weighted by Gasteiger charge is -2.36. The molecule has 18 nitrogen and oxygen atoms in total. The van der Waals surface area contributed by atoms with E-state index in [4.69, 9.17) is 0 Å². The van der Waals surface area contributed by atoms with Gasteiger partial charge in [0.1, 0.15) is 23.3 Å². The van der Waals surface area contributed by atoms with Gasteiger partial charge in [0.2, 0.25) is 6.08 Å². The fourth-order valence-electron chi connectivity index (χ4n) is 8.42. The summed E-state index contributed by atoms with van der Waals surface area (Å²) in [5.74, 6) is -2.30. The number of carbonyl (C=O) groups excluding carboxylic acids is 6. The molecular weight excluding hydrogens is 965 g/mol. The van der Waals surface area contributed by atoms with Crippen LogP contribution in [0.4, 0.5) is 54.7 Å². The van der Waals surface area contributed by atoms with E-state index in [2.05, 4.69) is 26.3 Å². The Kier molecular flexibility index (Phi) is 20.2. The zero-order valence-corrected chi connectivity index (χ0v) is 42.1. The molecule has 0 unspecified atom stereocenters. The van der Waals surface area contributed by atoms with E-state index in [0.717, 1.165) is 26.2 Å². The summed E-state index contributed by atoms with van der Waals surface area (Å²) < 4.78 is 56.3. The van der Waals surface area contributed by atoms with Gasteiger partial charge in [-0.25, -0.2) is 41.7 Å². The lowest BCUT2D eigenvalue weighted by atomic mass is 10.2. The molecule has 8 amide bonds. The molecule has 0 bridgehead atoms. The summed E-state index contributed by atoms with van der Waals surface area (Å²) >= 11 is 0. The largest absolute Gasteiger partial charge is 0.367 e. The molecule has 0 aromatic heterocycles. The Labute approximate surface area is 428 Å². The average molecular weight is 1030 g/mol. The topological polar surface area (TPSA) is 186 Å². The number of anilines is 4. The van der Waals surface area contributed by atoms with Gasteiger partial charge in [-0.3, -0.25) is 9.59 Å². The van der Waals surface area contributed by atoms with Crippen molar-refractivity contribution in [3.8, 4) is 0 Å². The number of hydrogen-bond donors (Lipinski definition) is 4. The van der Waals surface area contributed by atoms with Crippen molar-refractivity contribution < 1.29 is 46.3 Å². The van der Waals surface area contributed by atoms with Crippen LogP contribution in [0.5, 0.6) is 0 Å². The van der Waals surface area contributed by atoms with Crippen molar-refractivity contribution >= 4 is 58.7 Å². The first kappa shape index (κ1) is 55.6. The number of rotatable bonds is 8. The lowest BCUT2D eigenvalue weighted by molar-refractivity contribution is 0.0666. The predicted molar refractivity (Wildman–Crippen MR) is 274 cm³/mol. The van der Waals surface area contributed by atoms with Crippen molar-refractivity contribution in [1.82, 2.24) is 35.1 Å². The maximum atomic E-state index is 14.9. The number of piperazine rings is 4. The fourth-order valence-corrected chi connectivity index (χ4v) is 8.42. The molecule has 4 heterocycles. The Morgan fingerprint density at radius 1 is 0.514 bits per heavy atom. The second-order valence-corrected chi connectivity index (χ2v) is 18.4. The van der Waals surface area contributed by atoms with E-state index in [0.29, 0.717) is 101 Å². The Morgan fingerprint density at radius 2 is 0.905 bits per heavy atom. The van der Waals surface area contributed by atoms with Crippen molar-refractivity contribution in [2.45, 2.75) is 39.8 Å². The van der Waals surface area contributed by atoms with E-state index in [1.165, 1.54) is 54.6 Å². The minimum atomic E-state index is -0.474. The molecule has 0 saturated carbocycles. The molecule has 0 atom stereocenters. The third kappa shape index (κ3) is 15.9. The summed E-state index contributed by atoms with van der Waals surface area (Å²) in [6.45, 7) is 15.2. The minimum absolute atomic E-state index is 0.0531. The van der Waals surface area contributed by atoms with Crippen molar-refractivity contribution in [2.24, 2.45) is 4.99 Å². The maximum absolute atomic E-state index is 14.9. The quantitative estimate of drug-likeness (QED) is 0.0895. The summed E-state index contributed by atoms with van der Waals surface area (Å²) in [5.41, 5.74) is 2.24. The molecular formula is C52H64F4N12O6. The van der Waals surface area contributed by atoms with Crippen LogP contribution in [0.1, 0.15) is 48.4 Å². The summed E-state index contributed by atoms with van der Waals surface area (Å²) in [7, 11) is 0. The van der Waals surface area contributed by atoms with Gasteiger partial charge in [-0.2, -0.15) is 0 Å². The van der Waals surface area contributed by atoms with Gasteiger partial charge in [0.15, 0.2) is 0 Å². The lowest BCUT2D eigenvalue weighted by Crippen LogP contribution is -2.53. The molecule has 22 heteroatoms. The number of halogens is 4. The van der Waals surface area contributed by atoms with Crippen LogP contribution >= 0.6 is 0 Å². The van der Waals surface area contributed by atoms with E-state index in [-0.39, 0.29) is 58.9 Å². The number of nitrogens with zero attached hydrogens (tertiary/aromatic N) is 8.